The van der Waals surface area contributed by atoms with Crippen molar-refractivity contribution in [1.82, 2.24) is 0 Å². The normalized spacial score (nSPS) is 29.6. The molecule has 1 heterocycles. The van der Waals surface area contributed by atoms with Crippen LogP contribution in [-0.4, -0.2) is 11.6 Å². The van der Waals surface area contributed by atoms with Gasteiger partial charge in [0.1, 0.15) is 0 Å². The van der Waals surface area contributed by atoms with Crippen LogP contribution >= 0.6 is 0 Å². The Kier molecular flexibility index (Phi) is 2.79. The Labute approximate surface area is 84.3 Å². The van der Waals surface area contributed by atoms with Crippen LogP contribution in [0.4, 0.5) is 0 Å². The second-order valence-corrected chi connectivity index (χ2v) is 4.07. The maximum Gasteiger partial charge on any atom is 0.234 e. The SMILES string of the molecule is CCC1(CC)OOC2(CCCC2)OO1. The monoisotopic (exact) mass is 202 g/mol. The lowest BCUT2D eigenvalue weighted by atomic mass is 10.1. The van der Waals surface area contributed by atoms with Gasteiger partial charge in [-0.05, 0) is 12.8 Å². The third-order valence-electron chi connectivity index (χ3n) is 3.13. The van der Waals surface area contributed by atoms with Gasteiger partial charge in [0.05, 0.1) is 0 Å². The Morgan fingerprint density at radius 3 is 1.79 bits per heavy atom. The first-order chi connectivity index (χ1) is 6.74. The molecule has 1 saturated heterocycles. The molecule has 1 aliphatic heterocycles. The molecule has 0 aromatic heterocycles. The summed E-state index contributed by atoms with van der Waals surface area (Å²) < 4.78 is 0. The Hall–Kier alpha value is -0.160. The van der Waals surface area contributed by atoms with Gasteiger partial charge in [-0.15, -0.1) is 0 Å². The van der Waals surface area contributed by atoms with Crippen LogP contribution < -0.4 is 0 Å². The van der Waals surface area contributed by atoms with Gasteiger partial charge in [0.25, 0.3) is 0 Å². The van der Waals surface area contributed by atoms with E-state index in [1.54, 1.807) is 0 Å². The summed E-state index contributed by atoms with van der Waals surface area (Å²) in [6, 6.07) is 0. The molecule has 2 aliphatic rings. The third-order valence-corrected chi connectivity index (χ3v) is 3.13. The van der Waals surface area contributed by atoms with E-state index in [0.29, 0.717) is 0 Å². The molecular formula is C10H18O4. The molecule has 82 valence electrons. The van der Waals surface area contributed by atoms with Crippen molar-refractivity contribution in [2.75, 3.05) is 0 Å². The Morgan fingerprint density at radius 2 is 1.36 bits per heavy atom. The number of rotatable bonds is 2. The third kappa shape index (κ3) is 1.67. The molecule has 0 aromatic carbocycles. The van der Waals surface area contributed by atoms with E-state index in [1.165, 1.54) is 0 Å². The summed E-state index contributed by atoms with van der Waals surface area (Å²) in [5.74, 6) is -1.32. The van der Waals surface area contributed by atoms with Crippen molar-refractivity contribution in [2.24, 2.45) is 0 Å². The van der Waals surface area contributed by atoms with E-state index < -0.39 is 11.6 Å². The summed E-state index contributed by atoms with van der Waals surface area (Å²) in [7, 11) is 0. The van der Waals surface area contributed by atoms with Gasteiger partial charge < -0.3 is 0 Å². The molecule has 14 heavy (non-hydrogen) atoms. The molecule has 0 unspecified atom stereocenters. The molecule has 2 fully saturated rings. The Morgan fingerprint density at radius 1 is 0.857 bits per heavy atom. The van der Waals surface area contributed by atoms with Crippen LogP contribution in [0.2, 0.25) is 0 Å². The molecule has 2 rings (SSSR count). The van der Waals surface area contributed by atoms with Crippen molar-refractivity contribution in [3.8, 4) is 0 Å². The molecule has 0 atom stereocenters. The lowest BCUT2D eigenvalue weighted by Crippen LogP contribution is -2.48. The van der Waals surface area contributed by atoms with Crippen LogP contribution in [0.3, 0.4) is 0 Å². The molecule has 1 aliphatic carbocycles. The Balaban J connectivity index is 1.96. The molecule has 0 aromatic rings. The smallest absolute Gasteiger partial charge is 0.195 e. The summed E-state index contributed by atoms with van der Waals surface area (Å²) >= 11 is 0. The minimum atomic E-state index is -0.701. The molecule has 0 N–H and O–H groups in total. The molecule has 0 bridgehead atoms. The van der Waals surface area contributed by atoms with Crippen LogP contribution in [0, 0.1) is 0 Å². The first-order valence-corrected chi connectivity index (χ1v) is 5.48. The van der Waals surface area contributed by atoms with Gasteiger partial charge in [-0.3, -0.25) is 0 Å². The van der Waals surface area contributed by atoms with Crippen molar-refractivity contribution in [3.63, 3.8) is 0 Å². The van der Waals surface area contributed by atoms with E-state index in [0.717, 1.165) is 38.5 Å². The zero-order chi connectivity index (χ0) is 10.1. The first kappa shape index (κ1) is 10.4. The molecular weight excluding hydrogens is 184 g/mol. The van der Waals surface area contributed by atoms with E-state index in [2.05, 4.69) is 0 Å². The van der Waals surface area contributed by atoms with Gasteiger partial charge >= 0.3 is 0 Å². The highest BCUT2D eigenvalue weighted by Gasteiger charge is 2.48. The van der Waals surface area contributed by atoms with Crippen molar-refractivity contribution in [2.45, 2.75) is 63.9 Å². The topological polar surface area (TPSA) is 36.9 Å². The summed E-state index contributed by atoms with van der Waals surface area (Å²) in [5, 5.41) is 0. The zero-order valence-electron chi connectivity index (χ0n) is 8.88. The fraction of sp³-hybridized carbons (Fsp3) is 1.00. The van der Waals surface area contributed by atoms with Crippen molar-refractivity contribution in [1.29, 1.82) is 0 Å². The minimum absolute atomic E-state index is 0.617. The van der Waals surface area contributed by atoms with Crippen LogP contribution in [0.1, 0.15) is 52.4 Å². The van der Waals surface area contributed by atoms with Crippen molar-refractivity contribution < 1.29 is 19.6 Å². The highest BCUT2D eigenvalue weighted by molar-refractivity contribution is 4.77. The maximum atomic E-state index is 5.38. The Bertz CT molecular complexity index is 176. The second kappa shape index (κ2) is 3.77. The van der Waals surface area contributed by atoms with E-state index >= 15 is 0 Å². The standard InChI is InChI=1S/C10H18O4/c1-3-9(4-2)11-13-10(14-12-9)7-5-6-8-10/h3-8H2,1-2H3. The van der Waals surface area contributed by atoms with Gasteiger partial charge in [-0.2, -0.15) is 19.6 Å². The van der Waals surface area contributed by atoms with Gasteiger partial charge in [0.2, 0.25) is 11.6 Å². The lowest BCUT2D eigenvalue weighted by molar-refractivity contribution is -0.656. The summed E-state index contributed by atoms with van der Waals surface area (Å²) in [6.07, 6.45) is 5.38. The van der Waals surface area contributed by atoms with E-state index in [9.17, 15) is 0 Å². The second-order valence-electron chi connectivity index (χ2n) is 4.07. The van der Waals surface area contributed by atoms with E-state index in [-0.39, 0.29) is 0 Å². The first-order valence-electron chi connectivity index (χ1n) is 5.48. The fourth-order valence-electron chi connectivity index (χ4n) is 1.90. The van der Waals surface area contributed by atoms with Crippen molar-refractivity contribution >= 4 is 0 Å². The number of hydrogen-bond acceptors (Lipinski definition) is 4. The highest BCUT2D eigenvalue weighted by Crippen LogP contribution is 2.41. The van der Waals surface area contributed by atoms with Gasteiger partial charge in [-0.1, -0.05) is 13.8 Å². The summed E-state index contributed by atoms with van der Waals surface area (Å²) in [4.78, 5) is 21.5. The van der Waals surface area contributed by atoms with E-state index in [1.807, 2.05) is 13.8 Å². The predicted octanol–water partition coefficient (Wildman–Crippen LogP) is 2.68. The van der Waals surface area contributed by atoms with Crippen molar-refractivity contribution in [3.05, 3.63) is 0 Å². The lowest BCUT2D eigenvalue weighted by Gasteiger charge is -2.40. The quantitative estimate of drug-likeness (QED) is 0.645. The molecule has 1 spiro atoms. The minimum Gasteiger partial charge on any atom is -0.195 e. The van der Waals surface area contributed by atoms with Gasteiger partial charge in [0, 0.05) is 25.7 Å². The average Bonchev–Trinajstić information content (AvgIpc) is 2.69. The van der Waals surface area contributed by atoms with E-state index in [4.69, 9.17) is 19.6 Å². The highest BCUT2D eigenvalue weighted by atomic mass is 17.4. The van der Waals surface area contributed by atoms with Gasteiger partial charge in [-0.25, -0.2) is 0 Å². The van der Waals surface area contributed by atoms with Crippen LogP contribution in [-0.2, 0) is 19.6 Å². The molecule has 1 saturated carbocycles. The molecule has 4 heteroatoms. The number of hydrogen-bond donors (Lipinski definition) is 0. The zero-order valence-corrected chi connectivity index (χ0v) is 8.88. The van der Waals surface area contributed by atoms with Crippen LogP contribution in [0.15, 0.2) is 0 Å². The molecule has 0 amide bonds. The van der Waals surface area contributed by atoms with Crippen LogP contribution in [0.25, 0.3) is 0 Å². The summed E-state index contributed by atoms with van der Waals surface area (Å²) in [5.41, 5.74) is 0. The van der Waals surface area contributed by atoms with Gasteiger partial charge in [0.15, 0.2) is 0 Å². The molecule has 0 radical (unpaired) electrons. The van der Waals surface area contributed by atoms with Crippen LogP contribution in [0.5, 0.6) is 0 Å². The fourth-order valence-corrected chi connectivity index (χ4v) is 1.90. The molecule has 4 nitrogen and oxygen atoms in total. The maximum absolute atomic E-state index is 5.38. The largest absolute Gasteiger partial charge is 0.234 e. The average molecular weight is 202 g/mol. The summed E-state index contributed by atoms with van der Waals surface area (Å²) in [6.45, 7) is 3.98. The predicted molar refractivity (Wildman–Crippen MR) is 48.9 cm³/mol.